The molecular formula is C14H18O3. The summed E-state index contributed by atoms with van der Waals surface area (Å²) in [5.41, 5.74) is 2.34. The first-order valence-corrected chi connectivity index (χ1v) is 5.87. The summed E-state index contributed by atoms with van der Waals surface area (Å²) in [5, 5.41) is 0. The Morgan fingerprint density at radius 1 is 1.47 bits per heavy atom. The van der Waals surface area contributed by atoms with E-state index < -0.39 is 0 Å². The maximum absolute atomic E-state index is 5.76. The zero-order valence-corrected chi connectivity index (χ0v) is 10.2. The topological polar surface area (TPSA) is 27.7 Å². The van der Waals surface area contributed by atoms with Crippen LogP contribution in [0.5, 0.6) is 11.5 Å². The van der Waals surface area contributed by atoms with Crippen molar-refractivity contribution in [2.45, 2.75) is 19.3 Å². The minimum atomic E-state index is 0.253. The van der Waals surface area contributed by atoms with Crippen LogP contribution >= 0.6 is 0 Å². The summed E-state index contributed by atoms with van der Waals surface area (Å²) >= 11 is 0. The van der Waals surface area contributed by atoms with Crippen LogP contribution in [0.15, 0.2) is 24.8 Å². The van der Waals surface area contributed by atoms with Gasteiger partial charge in [0.15, 0.2) is 6.79 Å². The van der Waals surface area contributed by atoms with Crippen molar-refractivity contribution in [1.29, 1.82) is 0 Å². The normalized spacial score (nSPS) is 13.7. The SMILES string of the molecule is C=CCc1c(OCOC)ccc2c1OCCC2. The van der Waals surface area contributed by atoms with Gasteiger partial charge in [0.05, 0.1) is 6.61 Å². The molecule has 92 valence electrons. The molecule has 1 aliphatic heterocycles. The maximum Gasteiger partial charge on any atom is 0.188 e. The molecule has 0 radical (unpaired) electrons. The van der Waals surface area contributed by atoms with Crippen LogP contribution in [-0.4, -0.2) is 20.5 Å². The van der Waals surface area contributed by atoms with Crippen LogP contribution in [0.25, 0.3) is 0 Å². The quantitative estimate of drug-likeness (QED) is 0.579. The fraction of sp³-hybridized carbons (Fsp3) is 0.429. The largest absolute Gasteiger partial charge is 0.493 e. The van der Waals surface area contributed by atoms with Gasteiger partial charge < -0.3 is 14.2 Å². The van der Waals surface area contributed by atoms with Gasteiger partial charge in [0.2, 0.25) is 0 Å². The van der Waals surface area contributed by atoms with Gasteiger partial charge in [0.1, 0.15) is 11.5 Å². The van der Waals surface area contributed by atoms with E-state index in [1.165, 1.54) is 5.56 Å². The Morgan fingerprint density at radius 3 is 3.12 bits per heavy atom. The third kappa shape index (κ3) is 2.61. The first kappa shape index (κ1) is 12.0. The molecule has 0 saturated heterocycles. The molecular weight excluding hydrogens is 216 g/mol. The van der Waals surface area contributed by atoms with Gasteiger partial charge in [0, 0.05) is 12.7 Å². The van der Waals surface area contributed by atoms with Crippen LogP contribution in [-0.2, 0) is 17.6 Å². The van der Waals surface area contributed by atoms with E-state index in [2.05, 4.69) is 12.6 Å². The van der Waals surface area contributed by atoms with Gasteiger partial charge in [0.25, 0.3) is 0 Å². The Balaban J connectivity index is 2.34. The van der Waals surface area contributed by atoms with Crippen LogP contribution in [0.2, 0.25) is 0 Å². The molecule has 0 aliphatic carbocycles. The number of fused-ring (bicyclic) bond motifs is 1. The van der Waals surface area contributed by atoms with E-state index in [1.54, 1.807) is 7.11 Å². The van der Waals surface area contributed by atoms with Crippen molar-refractivity contribution < 1.29 is 14.2 Å². The fourth-order valence-electron chi connectivity index (χ4n) is 2.07. The zero-order valence-electron chi connectivity index (χ0n) is 10.2. The first-order chi connectivity index (χ1) is 8.36. The van der Waals surface area contributed by atoms with Gasteiger partial charge in [-0.15, -0.1) is 6.58 Å². The summed E-state index contributed by atoms with van der Waals surface area (Å²) in [7, 11) is 1.61. The van der Waals surface area contributed by atoms with E-state index in [4.69, 9.17) is 14.2 Å². The number of ether oxygens (including phenoxy) is 3. The molecule has 3 nitrogen and oxygen atoms in total. The number of aryl methyl sites for hydroxylation is 1. The minimum Gasteiger partial charge on any atom is -0.493 e. The van der Waals surface area contributed by atoms with E-state index in [9.17, 15) is 0 Å². The molecule has 3 heteroatoms. The first-order valence-electron chi connectivity index (χ1n) is 5.87. The highest BCUT2D eigenvalue weighted by Crippen LogP contribution is 2.36. The molecule has 0 fully saturated rings. The molecule has 1 aliphatic rings. The predicted molar refractivity (Wildman–Crippen MR) is 66.7 cm³/mol. The average molecular weight is 234 g/mol. The Morgan fingerprint density at radius 2 is 2.35 bits per heavy atom. The molecule has 0 saturated carbocycles. The molecule has 0 amide bonds. The molecule has 0 atom stereocenters. The van der Waals surface area contributed by atoms with E-state index >= 15 is 0 Å². The van der Waals surface area contributed by atoms with Gasteiger partial charge in [-0.25, -0.2) is 0 Å². The molecule has 0 spiro atoms. The van der Waals surface area contributed by atoms with Crippen molar-refractivity contribution in [3.63, 3.8) is 0 Å². The summed E-state index contributed by atoms with van der Waals surface area (Å²) < 4.78 is 16.2. The second-order valence-electron chi connectivity index (χ2n) is 4.03. The van der Waals surface area contributed by atoms with E-state index in [-0.39, 0.29) is 6.79 Å². The molecule has 1 aromatic carbocycles. The zero-order chi connectivity index (χ0) is 12.1. The van der Waals surface area contributed by atoms with Crippen LogP contribution in [0.4, 0.5) is 0 Å². The van der Waals surface area contributed by atoms with E-state index in [0.29, 0.717) is 0 Å². The monoisotopic (exact) mass is 234 g/mol. The molecule has 0 aromatic heterocycles. The Kier molecular flexibility index (Phi) is 4.04. The summed E-state index contributed by atoms with van der Waals surface area (Å²) in [5.74, 6) is 1.80. The number of hydrogen-bond acceptors (Lipinski definition) is 3. The van der Waals surface area contributed by atoms with Gasteiger partial charge in [-0.05, 0) is 30.9 Å². The van der Waals surface area contributed by atoms with Crippen molar-refractivity contribution in [3.8, 4) is 11.5 Å². The third-order valence-electron chi connectivity index (χ3n) is 2.82. The van der Waals surface area contributed by atoms with Crippen molar-refractivity contribution in [1.82, 2.24) is 0 Å². The predicted octanol–water partition coefficient (Wildman–Crippen LogP) is 2.72. The second kappa shape index (κ2) is 5.73. The molecule has 17 heavy (non-hydrogen) atoms. The Bertz CT molecular complexity index is 399. The van der Waals surface area contributed by atoms with E-state index in [0.717, 1.165) is 42.9 Å². The Hall–Kier alpha value is -1.48. The summed E-state index contributed by atoms with van der Waals surface area (Å²) in [6, 6.07) is 4.07. The highest BCUT2D eigenvalue weighted by molar-refractivity contribution is 5.51. The van der Waals surface area contributed by atoms with Gasteiger partial charge in [-0.3, -0.25) is 0 Å². The van der Waals surface area contributed by atoms with Crippen LogP contribution in [0.1, 0.15) is 17.5 Å². The average Bonchev–Trinajstić information content (AvgIpc) is 2.38. The summed E-state index contributed by atoms with van der Waals surface area (Å²) in [6.07, 6.45) is 4.78. The number of rotatable bonds is 5. The second-order valence-corrected chi connectivity index (χ2v) is 4.03. The lowest BCUT2D eigenvalue weighted by Crippen LogP contribution is -2.12. The summed E-state index contributed by atoms with van der Waals surface area (Å²) in [6.45, 7) is 4.82. The molecule has 1 aromatic rings. The highest BCUT2D eigenvalue weighted by Gasteiger charge is 2.17. The number of allylic oxidation sites excluding steroid dienone is 1. The van der Waals surface area contributed by atoms with Crippen LogP contribution < -0.4 is 9.47 Å². The van der Waals surface area contributed by atoms with Crippen LogP contribution in [0, 0.1) is 0 Å². The van der Waals surface area contributed by atoms with Crippen LogP contribution in [0.3, 0.4) is 0 Å². The number of hydrogen-bond donors (Lipinski definition) is 0. The molecule has 1 heterocycles. The smallest absolute Gasteiger partial charge is 0.188 e. The highest BCUT2D eigenvalue weighted by atomic mass is 16.7. The molecule has 0 N–H and O–H groups in total. The van der Waals surface area contributed by atoms with Crippen molar-refractivity contribution in [3.05, 3.63) is 35.9 Å². The third-order valence-corrected chi connectivity index (χ3v) is 2.82. The number of methoxy groups -OCH3 is 1. The minimum absolute atomic E-state index is 0.253. The van der Waals surface area contributed by atoms with Gasteiger partial charge in [-0.2, -0.15) is 0 Å². The van der Waals surface area contributed by atoms with Crippen molar-refractivity contribution in [2.75, 3.05) is 20.5 Å². The lowest BCUT2D eigenvalue weighted by molar-refractivity contribution is 0.0502. The Labute approximate surface area is 102 Å². The standard InChI is InChI=1S/C14H18O3/c1-3-5-12-13(17-10-15-2)8-7-11-6-4-9-16-14(11)12/h3,7-8H,1,4-6,9-10H2,2H3. The lowest BCUT2D eigenvalue weighted by Gasteiger charge is -2.22. The molecule has 0 bridgehead atoms. The fourth-order valence-corrected chi connectivity index (χ4v) is 2.07. The van der Waals surface area contributed by atoms with E-state index in [1.807, 2.05) is 12.1 Å². The maximum atomic E-state index is 5.76. The summed E-state index contributed by atoms with van der Waals surface area (Å²) in [4.78, 5) is 0. The molecule has 0 unspecified atom stereocenters. The van der Waals surface area contributed by atoms with Crippen molar-refractivity contribution >= 4 is 0 Å². The lowest BCUT2D eigenvalue weighted by atomic mass is 9.99. The molecule has 2 rings (SSSR count). The number of benzene rings is 1. The van der Waals surface area contributed by atoms with Gasteiger partial charge in [-0.1, -0.05) is 12.1 Å². The van der Waals surface area contributed by atoms with Gasteiger partial charge >= 0.3 is 0 Å². The van der Waals surface area contributed by atoms with Crippen molar-refractivity contribution in [2.24, 2.45) is 0 Å².